The summed E-state index contributed by atoms with van der Waals surface area (Å²) < 4.78 is 1.03. The average Bonchev–Trinajstić information content (AvgIpc) is 2.62. The molecule has 128 valence electrons. The number of carbonyl (C=O) groups is 1. The summed E-state index contributed by atoms with van der Waals surface area (Å²) in [6.45, 7) is 3.91. The smallest absolute Gasteiger partial charge is 0.241 e. The Balaban J connectivity index is 1.71. The van der Waals surface area contributed by atoms with Crippen LogP contribution in [0.4, 0.5) is 5.69 Å². The number of amides is 1. The quantitative estimate of drug-likeness (QED) is 0.657. The zero-order valence-electron chi connectivity index (χ0n) is 14.2. The molecule has 0 fully saturated rings. The summed E-state index contributed by atoms with van der Waals surface area (Å²) in [7, 11) is 0. The maximum Gasteiger partial charge on any atom is 0.241 e. The van der Waals surface area contributed by atoms with Gasteiger partial charge in [0.2, 0.25) is 5.91 Å². The minimum absolute atomic E-state index is 0.0468. The van der Waals surface area contributed by atoms with Gasteiger partial charge in [-0.1, -0.05) is 40.2 Å². The molecule has 2 unspecified atom stereocenters. The molecule has 1 amide bonds. The largest absolute Gasteiger partial charge is 0.324 e. The molecular formula is C20H20BrN3O. The van der Waals surface area contributed by atoms with Crippen LogP contribution in [0.25, 0.3) is 10.9 Å². The number of carbonyl (C=O) groups excluding carboxylic acids is 1. The maximum absolute atomic E-state index is 12.6. The molecule has 0 radical (unpaired) electrons. The topological polar surface area (TPSA) is 54.0 Å². The fourth-order valence-corrected chi connectivity index (χ4v) is 3.45. The predicted molar refractivity (Wildman–Crippen MR) is 106 cm³/mol. The number of hydrogen-bond acceptors (Lipinski definition) is 3. The Bertz CT molecular complexity index is 892. The highest BCUT2D eigenvalue weighted by molar-refractivity contribution is 9.10. The van der Waals surface area contributed by atoms with Crippen molar-refractivity contribution < 1.29 is 4.79 Å². The monoisotopic (exact) mass is 397 g/mol. The summed E-state index contributed by atoms with van der Waals surface area (Å²) in [6.07, 6.45) is 1.75. The maximum atomic E-state index is 12.6. The van der Waals surface area contributed by atoms with E-state index < -0.39 is 0 Å². The number of aromatic nitrogens is 1. The van der Waals surface area contributed by atoms with Crippen molar-refractivity contribution in [3.05, 3.63) is 70.8 Å². The SMILES string of the molecule is CC(NC(C)c1ccccc1Br)C(=O)Nc1cccc2ncccc12. The standard InChI is InChI=1S/C20H20BrN3O/c1-13(15-7-3-4-9-17(15)21)23-14(2)20(25)24-19-11-5-10-18-16(19)8-6-12-22-18/h3-14,23H,1-2H3,(H,24,25). The van der Waals surface area contributed by atoms with Crippen LogP contribution < -0.4 is 10.6 Å². The van der Waals surface area contributed by atoms with E-state index in [-0.39, 0.29) is 18.0 Å². The highest BCUT2D eigenvalue weighted by atomic mass is 79.9. The van der Waals surface area contributed by atoms with E-state index in [9.17, 15) is 4.79 Å². The van der Waals surface area contributed by atoms with Gasteiger partial charge in [-0.15, -0.1) is 0 Å². The average molecular weight is 398 g/mol. The van der Waals surface area contributed by atoms with Crippen molar-refractivity contribution in [2.75, 3.05) is 5.32 Å². The molecule has 3 rings (SSSR count). The van der Waals surface area contributed by atoms with Crippen LogP contribution >= 0.6 is 15.9 Å². The molecule has 2 atom stereocenters. The molecule has 3 aromatic rings. The first-order valence-corrected chi connectivity index (χ1v) is 9.00. The molecule has 1 aromatic heterocycles. The van der Waals surface area contributed by atoms with E-state index in [1.54, 1.807) is 6.20 Å². The molecule has 0 aliphatic carbocycles. The second-order valence-corrected chi connectivity index (χ2v) is 6.85. The Morgan fingerprint density at radius 3 is 2.64 bits per heavy atom. The Morgan fingerprint density at radius 1 is 1.04 bits per heavy atom. The number of nitrogens with one attached hydrogen (secondary N) is 2. The Labute approximate surface area is 155 Å². The second kappa shape index (κ2) is 7.76. The minimum atomic E-state index is -0.339. The Morgan fingerprint density at radius 2 is 1.84 bits per heavy atom. The molecular weight excluding hydrogens is 378 g/mol. The molecule has 4 nitrogen and oxygen atoms in total. The molecule has 0 bridgehead atoms. The summed E-state index contributed by atoms with van der Waals surface area (Å²) in [5, 5.41) is 7.28. The van der Waals surface area contributed by atoms with Crippen molar-refractivity contribution in [1.29, 1.82) is 0 Å². The van der Waals surface area contributed by atoms with E-state index in [1.807, 2.05) is 68.4 Å². The van der Waals surface area contributed by atoms with Crippen LogP contribution in [0, 0.1) is 0 Å². The van der Waals surface area contributed by atoms with Crippen molar-refractivity contribution in [3.63, 3.8) is 0 Å². The number of pyridine rings is 1. The summed E-state index contributed by atoms with van der Waals surface area (Å²) in [4.78, 5) is 16.9. The van der Waals surface area contributed by atoms with E-state index in [1.165, 1.54) is 0 Å². The van der Waals surface area contributed by atoms with Gasteiger partial charge in [-0.05, 0) is 49.7 Å². The number of anilines is 1. The lowest BCUT2D eigenvalue weighted by Crippen LogP contribution is -2.39. The number of halogens is 1. The highest BCUT2D eigenvalue weighted by Gasteiger charge is 2.18. The van der Waals surface area contributed by atoms with Gasteiger partial charge >= 0.3 is 0 Å². The van der Waals surface area contributed by atoms with Crippen LogP contribution in [0.5, 0.6) is 0 Å². The third-order valence-corrected chi connectivity index (χ3v) is 4.89. The number of fused-ring (bicyclic) bond motifs is 1. The van der Waals surface area contributed by atoms with Gasteiger partial charge in [-0.2, -0.15) is 0 Å². The second-order valence-electron chi connectivity index (χ2n) is 6.00. The van der Waals surface area contributed by atoms with Gasteiger partial charge in [-0.25, -0.2) is 0 Å². The van der Waals surface area contributed by atoms with Crippen LogP contribution in [0.1, 0.15) is 25.5 Å². The number of hydrogen-bond donors (Lipinski definition) is 2. The van der Waals surface area contributed by atoms with Crippen molar-refractivity contribution in [3.8, 4) is 0 Å². The first-order valence-electron chi connectivity index (χ1n) is 8.21. The van der Waals surface area contributed by atoms with Crippen molar-refractivity contribution in [2.45, 2.75) is 25.9 Å². The lowest BCUT2D eigenvalue weighted by atomic mass is 10.1. The highest BCUT2D eigenvalue weighted by Crippen LogP contribution is 2.24. The van der Waals surface area contributed by atoms with E-state index in [0.29, 0.717) is 0 Å². The molecule has 0 aliphatic heterocycles. The predicted octanol–water partition coefficient (Wildman–Crippen LogP) is 4.68. The molecule has 0 saturated carbocycles. The summed E-state index contributed by atoms with van der Waals surface area (Å²) in [5.41, 5.74) is 2.76. The fraction of sp³-hybridized carbons (Fsp3) is 0.200. The number of benzene rings is 2. The molecule has 5 heteroatoms. The van der Waals surface area contributed by atoms with Crippen molar-refractivity contribution in [1.82, 2.24) is 10.3 Å². The van der Waals surface area contributed by atoms with Crippen LogP contribution in [-0.4, -0.2) is 16.9 Å². The Hall–Kier alpha value is -2.24. The van der Waals surface area contributed by atoms with Gasteiger partial charge in [0, 0.05) is 22.1 Å². The Kier molecular flexibility index (Phi) is 5.46. The number of nitrogens with zero attached hydrogens (tertiary/aromatic N) is 1. The van der Waals surface area contributed by atoms with Crippen LogP contribution in [0.3, 0.4) is 0 Å². The lowest BCUT2D eigenvalue weighted by Gasteiger charge is -2.21. The zero-order chi connectivity index (χ0) is 17.8. The van der Waals surface area contributed by atoms with Gasteiger partial charge in [0.05, 0.1) is 17.2 Å². The van der Waals surface area contributed by atoms with E-state index >= 15 is 0 Å². The van der Waals surface area contributed by atoms with Crippen LogP contribution in [-0.2, 0) is 4.79 Å². The van der Waals surface area contributed by atoms with E-state index in [4.69, 9.17) is 0 Å². The first-order chi connectivity index (χ1) is 12.1. The molecule has 2 aromatic carbocycles. The summed E-state index contributed by atoms with van der Waals surface area (Å²) in [6, 6.07) is 17.3. The third-order valence-electron chi connectivity index (χ3n) is 4.17. The zero-order valence-corrected chi connectivity index (χ0v) is 15.7. The van der Waals surface area contributed by atoms with Crippen LogP contribution in [0.2, 0.25) is 0 Å². The van der Waals surface area contributed by atoms with Gasteiger partial charge in [-0.3, -0.25) is 15.1 Å². The van der Waals surface area contributed by atoms with Crippen LogP contribution in [0.15, 0.2) is 65.3 Å². The minimum Gasteiger partial charge on any atom is -0.324 e. The summed E-state index contributed by atoms with van der Waals surface area (Å²) in [5.74, 6) is -0.0738. The third kappa shape index (κ3) is 4.06. The molecule has 25 heavy (non-hydrogen) atoms. The fourth-order valence-electron chi connectivity index (χ4n) is 2.82. The normalized spacial score (nSPS) is 13.4. The summed E-state index contributed by atoms with van der Waals surface area (Å²) >= 11 is 3.56. The van der Waals surface area contributed by atoms with Gasteiger partial charge in [0.15, 0.2) is 0 Å². The van der Waals surface area contributed by atoms with Gasteiger partial charge in [0.25, 0.3) is 0 Å². The molecule has 0 saturated heterocycles. The van der Waals surface area contributed by atoms with E-state index in [0.717, 1.165) is 26.6 Å². The van der Waals surface area contributed by atoms with Crippen molar-refractivity contribution in [2.24, 2.45) is 0 Å². The molecule has 0 aliphatic rings. The van der Waals surface area contributed by atoms with Crippen molar-refractivity contribution >= 4 is 38.4 Å². The van der Waals surface area contributed by atoms with Gasteiger partial charge < -0.3 is 5.32 Å². The molecule has 0 spiro atoms. The number of rotatable bonds is 5. The first kappa shape index (κ1) is 17.6. The molecule has 1 heterocycles. The van der Waals surface area contributed by atoms with Gasteiger partial charge in [0.1, 0.15) is 0 Å². The van der Waals surface area contributed by atoms with E-state index in [2.05, 4.69) is 31.5 Å². The lowest BCUT2D eigenvalue weighted by molar-refractivity contribution is -0.117. The molecule has 2 N–H and O–H groups in total.